The number of nitrogens with one attached hydrogen (secondary N) is 2. The lowest BCUT2D eigenvalue weighted by atomic mass is 10.3. The number of anilines is 1. The van der Waals surface area contributed by atoms with E-state index in [0.29, 0.717) is 19.0 Å². The van der Waals surface area contributed by atoms with E-state index in [1.807, 2.05) is 44.2 Å². The first-order chi connectivity index (χ1) is 9.62. The largest absolute Gasteiger partial charge is 0.341 e. The monoisotopic (exact) mass is 277 g/mol. The van der Waals surface area contributed by atoms with Gasteiger partial charge >= 0.3 is 0 Å². The molecule has 0 aliphatic heterocycles. The Kier molecular flexibility index (Phi) is 6.52. The highest BCUT2D eigenvalue weighted by Gasteiger charge is 2.17. The van der Waals surface area contributed by atoms with Crippen molar-refractivity contribution in [2.45, 2.75) is 26.8 Å². The minimum atomic E-state index is -0.489. The highest BCUT2D eigenvalue weighted by atomic mass is 16.2. The van der Waals surface area contributed by atoms with Gasteiger partial charge < -0.3 is 10.2 Å². The Morgan fingerprint density at radius 1 is 1.30 bits per heavy atom. The van der Waals surface area contributed by atoms with Crippen molar-refractivity contribution in [3.8, 4) is 0 Å². The zero-order valence-corrected chi connectivity index (χ0v) is 12.3. The molecule has 4 N–H and O–H groups in total. The molecule has 0 spiro atoms. The predicted octanol–water partition coefficient (Wildman–Crippen LogP) is 1.17. The van der Waals surface area contributed by atoms with E-state index in [1.165, 1.54) is 0 Å². The van der Waals surface area contributed by atoms with Gasteiger partial charge in [0.1, 0.15) is 6.04 Å². The molecule has 0 aliphatic carbocycles. The maximum atomic E-state index is 12.1. The van der Waals surface area contributed by atoms with Crippen molar-refractivity contribution in [1.29, 1.82) is 0 Å². The number of rotatable bonds is 5. The molecule has 1 aromatic carbocycles. The number of nitrogens with two attached hydrogens (primary N) is 1. The van der Waals surface area contributed by atoms with Crippen LogP contribution in [0.25, 0.3) is 0 Å². The summed E-state index contributed by atoms with van der Waals surface area (Å²) in [7, 11) is 0. The number of aliphatic imine (C=N–C) groups is 1. The van der Waals surface area contributed by atoms with Crippen LogP contribution < -0.4 is 16.6 Å². The molecule has 6 nitrogen and oxygen atoms in total. The number of hydrogen-bond donors (Lipinski definition) is 3. The molecule has 110 valence electrons. The molecule has 6 heteroatoms. The summed E-state index contributed by atoms with van der Waals surface area (Å²) in [6.45, 7) is 6.99. The lowest BCUT2D eigenvalue weighted by molar-refractivity contribution is -0.131. The molecule has 0 aromatic heterocycles. The summed E-state index contributed by atoms with van der Waals surface area (Å²) in [6.07, 6.45) is 0. The average molecular weight is 277 g/mol. The van der Waals surface area contributed by atoms with Crippen LogP contribution in [0.15, 0.2) is 35.3 Å². The second-order valence-electron chi connectivity index (χ2n) is 4.30. The number of amides is 1. The molecule has 0 bridgehead atoms. The van der Waals surface area contributed by atoms with E-state index >= 15 is 0 Å². The minimum Gasteiger partial charge on any atom is -0.341 e. The molecular weight excluding hydrogens is 254 g/mol. The number of benzene rings is 1. The molecule has 20 heavy (non-hydrogen) atoms. The van der Waals surface area contributed by atoms with Crippen molar-refractivity contribution in [3.63, 3.8) is 0 Å². The Morgan fingerprint density at radius 3 is 2.40 bits per heavy atom. The Labute approximate surface area is 120 Å². The third-order valence-electron chi connectivity index (χ3n) is 2.93. The van der Waals surface area contributed by atoms with Crippen LogP contribution in [-0.2, 0) is 4.79 Å². The van der Waals surface area contributed by atoms with Crippen molar-refractivity contribution in [2.75, 3.05) is 18.4 Å². The number of guanidine groups is 1. The molecule has 1 aromatic rings. The van der Waals surface area contributed by atoms with Crippen LogP contribution in [0.5, 0.6) is 0 Å². The van der Waals surface area contributed by atoms with E-state index in [-0.39, 0.29) is 5.91 Å². The van der Waals surface area contributed by atoms with Crippen LogP contribution in [0.3, 0.4) is 0 Å². The molecular formula is C14H23N5O. The number of carbonyl (C=O) groups is 1. The van der Waals surface area contributed by atoms with Gasteiger partial charge in [-0.3, -0.25) is 10.2 Å². The van der Waals surface area contributed by atoms with Crippen molar-refractivity contribution < 1.29 is 4.79 Å². The molecule has 1 atom stereocenters. The Hall–Kier alpha value is -2.08. The Bertz CT molecular complexity index is 442. The summed E-state index contributed by atoms with van der Waals surface area (Å²) < 4.78 is 0. The van der Waals surface area contributed by atoms with Crippen LogP contribution in [0, 0.1) is 0 Å². The number of hydrogen-bond acceptors (Lipinski definition) is 3. The van der Waals surface area contributed by atoms with Crippen LogP contribution >= 0.6 is 0 Å². The maximum absolute atomic E-state index is 12.1. The van der Waals surface area contributed by atoms with Gasteiger partial charge in [0.05, 0.1) is 0 Å². The fourth-order valence-corrected chi connectivity index (χ4v) is 1.81. The third-order valence-corrected chi connectivity index (χ3v) is 2.93. The van der Waals surface area contributed by atoms with E-state index in [9.17, 15) is 4.79 Å². The van der Waals surface area contributed by atoms with Crippen LogP contribution in [0.1, 0.15) is 20.8 Å². The van der Waals surface area contributed by atoms with Gasteiger partial charge in [0.25, 0.3) is 0 Å². The van der Waals surface area contributed by atoms with E-state index in [1.54, 1.807) is 11.8 Å². The molecule has 1 rings (SSSR count). The van der Waals surface area contributed by atoms with Crippen LogP contribution in [0.2, 0.25) is 0 Å². The summed E-state index contributed by atoms with van der Waals surface area (Å²) in [4.78, 5) is 18.2. The van der Waals surface area contributed by atoms with Crippen molar-refractivity contribution in [2.24, 2.45) is 10.8 Å². The molecule has 0 radical (unpaired) electrons. The summed E-state index contributed by atoms with van der Waals surface area (Å²) in [5.74, 6) is 5.79. The second-order valence-corrected chi connectivity index (χ2v) is 4.30. The predicted molar refractivity (Wildman–Crippen MR) is 82.2 cm³/mol. The van der Waals surface area contributed by atoms with Gasteiger partial charge in [-0.25, -0.2) is 10.8 Å². The smallest absolute Gasteiger partial charge is 0.247 e. The first-order valence-corrected chi connectivity index (χ1v) is 6.77. The highest BCUT2D eigenvalue weighted by molar-refractivity contribution is 5.95. The second kappa shape index (κ2) is 8.16. The highest BCUT2D eigenvalue weighted by Crippen LogP contribution is 2.05. The van der Waals surface area contributed by atoms with E-state index in [2.05, 4.69) is 15.7 Å². The van der Waals surface area contributed by atoms with Crippen molar-refractivity contribution in [1.82, 2.24) is 10.3 Å². The van der Waals surface area contributed by atoms with E-state index in [4.69, 9.17) is 5.84 Å². The van der Waals surface area contributed by atoms with Gasteiger partial charge in [0, 0.05) is 18.8 Å². The SMILES string of the molecule is CCN(CC)C(=O)C(C)N=C(NN)Nc1ccccc1. The average Bonchev–Trinajstić information content (AvgIpc) is 2.48. The molecule has 1 amide bonds. The lowest BCUT2D eigenvalue weighted by Crippen LogP contribution is -2.41. The first-order valence-electron chi connectivity index (χ1n) is 6.77. The number of para-hydroxylation sites is 1. The van der Waals surface area contributed by atoms with Gasteiger partial charge in [-0.05, 0) is 32.9 Å². The normalized spacial score (nSPS) is 12.7. The molecule has 0 saturated heterocycles. The quantitative estimate of drug-likeness (QED) is 0.326. The summed E-state index contributed by atoms with van der Waals surface area (Å²) in [6, 6.07) is 9.02. The molecule has 0 saturated carbocycles. The third kappa shape index (κ3) is 4.55. The molecule has 0 aliphatic rings. The first kappa shape index (κ1) is 16.0. The van der Waals surface area contributed by atoms with Crippen molar-refractivity contribution in [3.05, 3.63) is 30.3 Å². The fourth-order valence-electron chi connectivity index (χ4n) is 1.81. The number of likely N-dealkylation sites (N-methyl/N-ethyl adjacent to an activating group) is 1. The number of nitrogens with zero attached hydrogens (tertiary/aromatic N) is 2. The standard InChI is InChI=1S/C14H23N5O/c1-4-19(5-2)13(20)11(3)16-14(18-15)17-12-9-7-6-8-10-12/h6-11H,4-5,15H2,1-3H3,(H2,16,17,18). The zero-order chi connectivity index (χ0) is 15.0. The molecule has 1 unspecified atom stereocenters. The summed E-state index contributed by atoms with van der Waals surface area (Å²) >= 11 is 0. The van der Waals surface area contributed by atoms with Gasteiger partial charge in [-0.2, -0.15) is 0 Å². The Balaban J connectivity index is 2.75. The summed E-state index contributed by atoms with van der Waals surface area (Å²) in [5.41, 5.74) is 3.33. The minimum absolute atomic E-state index is 0.0161. The molecule has 0 heterocycles. The Morgan fingerprint density at radius 2 is 1.90 bits per heavy atom. The van der Waals surface area contributed by atoms with Crippen LogP contribution in [0.4, 0.5) is 5.69 Å². The van der Waals surface area contributed by atoms with Gasteiger partial charge in [0.15, 0.2) is 0 Å². The fraction of sp³-hybridized carbons (Fsp3) is 0.429. The van der Waals surface area contributed by atoms with Crippen LogP contribution in [-0.4, -0.2) is 35.9 Å². The number of hydrazine groups is 1. The number of carbonyl (C=O) groups excluding carboxylic acids is 1. The van der Waals surface area contributed by atoms with E-state index < -0.39 is 6.04 Å². The van der Waals surface area contributed by atoms with Crippen molar-refractivity contribution >= 4 is 17.6 Å². The topological polar surface area (TPSA) is 82.8 Å². The molecule has 0 fully saturated rings. The van der Waals surface area contributed by atoms with E-state index in [0.717, 1.165) is 5.69 Å². The van der Waals surface area contributed by atoms with Gasteiger partial charge in [-0.1, -0.05) is 18.2 Å². The van der Waals surface area contributed by atoms with Gasteiger partial charge in [0.2, 0.25) is 11.9 Å². The maximum Gasteiger partial charge on any atom is 0.247 e. The van der Waals surface area contributed by atoms with Gasteiger partial charge in [-0.15, -0.1) is 0 Å². The summed E-state index contributed by atoms with van der Waals surface area (Å²) in [5, 5.41) is 3.03. The lowest BCUT2D eigenvalue weighted by Gasteiger charge is -2.21. The zero-order valence-electron chi connectivity index (χ0n) is 12.3.